The van der Waals surface area contributed by atoms with Crippen LogP contribution in [-0.4, -0.2) is 33.7 Å². The molecule has 1 aliphatic rings. The molecule has 0 bridgehead atoms. The van der Waals surface area contributed by atoms with Crippen LogP contribution < -0.4 is 5.32 Å². The normalized spacial score (nSPS) is 14.4. The minimum absolute atomic E-state index is 0.0824. The predicted molar refractivity (Wildman–Crippen MR) is 82.5 cm³/mol. The van der Waals surface area contributed by atoms with Crippen LogP contribution in [0.25, 0.3) is 11.1 Å². The largest absolute Gasteiger partial charge is 0.481 e. The van der Waals surface area contributed by atoms with E-state index in [4.69, 9.17) is 9.63 Å². The highest BCUT2D eigenvalue weighted by molar-refractivity contribution is 6.06. The maximum atomic E-state index is 12.5. The van der Waals surface area contributed by atoms with Gasteiger partial charge in [-0.2, -0.15) is 0 Å². The third-order valence-electron chi connectivity index (χ3n) is 3.90. The summed E-state index contributed by atoms with van der Waals surface area (Å²) in [5, 5.41) is 16.0. The van der Waals surface area contributed by atoms with Gasteiger partial charge in [-0.15, -0.1) is 0 Å². The van der Waals surface area contributed by atoms with Crippen LogP contribution in [0.1, 0.15) is 66.7 Å². The smallest absolute Gasteiger partial charge is 0.305 e. The molecule has 1 fully saturated rings. The Morgan fingerprint density at radius 2 is 2.17 bits per heavy atom. The van der Waals surface area contributed by atoms with Crippen molar-refractivity contribution in [2.24, 2.45) is 0 Å². The molecule has 7 nitrogen and oxygen atoms in total. The van der Waals surface area contributed by atoms with Crippen LogP contribution in [-0.2, 0) is 4.79 Å². The van der Waals surface area contributed by atoms with E-state index in [1.807, 2.05) is 13.8 Å². The summed E-state index contributed by atoms with van der Waals surface area (Å²) in [6, 6.07) is 1.79. The van der Waals surface area contributed by atoms with Crippen molar-refractivity contribution >= 4 is 23.0 Å². The van der Waals surface area contributed by atoms with E-state index < -0.39 is 5.97 Å². The van der Waals surface area contributed by atoms with Crippen LogP contribution in [0, 0.1) is 0 Å². The van der Waals surface area contributed by atoms with Crippen molar-refractivity contribution < 1.29 is 19.2 Å². The van der Waals surface area contributed by atoms with Crippen molar-refractivity contribution in [3.63, 3.8) is 0 Å². The summed E-state index contributed by atoms with van der Waals surface area (Å²) in [5.74, 6) is -0.796. The van der Waals surface area contributed by atoms with Gasteiger partial charge in [-0.05, 0) is 24.8 Å². The van der Waals surface area contributed by atoms with Gasteiger partial charge < -0.3 is 14.9 Å². The number of nitrogens with zero attached hydrogens (tertiary/aromatic N) is 2. The van der Waals surface area contributed by atoms with Crippen molar-refractivity contribution in [2.75, 3.05) is 6.54 Å². The highest BCUT2D eigenvalue weighted by Gasteiger charge is 2.29. The van der Waals surface area contributed by atoms with Crippen LogP contribution in [0.15, 0.2) is 10.6 Å². The average Bonchev–Trinajstić information content (AvgIpc) is 3.24. The molecule has 23 heavy (non-hydrogen) atoms. The molecule has 3 rings (SSSR count). The van der Waals surface area contributed by atoms with E-state index in [0.29, 0.717) is 28.3 Å². The Hall–Kier alpha value is -2.44. The van der Waals surface area contributed by atoms with E-state index >= 15 is 0 Å². The Labute approximate surface area is 133 Å². The molecule has 122 valence electrons. The maximum absolute atomic E-state index is 12.5. The Balaban J connectivity index is 1.99. The Kier molecular flexibility index (Phi) is 4.02. The summed E-state index contributed by atoms with van der Waals surface area (Å²) >= 11 is 0. The number of carboxylic acid groups (broad SMARTS) is 1. The first-order valence-corrected chi connectivity index (χ1v) is 7.77. The summed E-state index contributed by atoms with van der Waals surface area (Å²) in [7, 11) is 0. The summed E-state index contributed by atoms with van der Waals surface area (Å²) < 4.78 is 5.33. The van der Waals surface area contributed by atoms with Gasteiger partial charge in [-0.3, -0.25) is 9.59 Å². The average molecular weight is 317 g/mol. The number of carboxylic acids is 1. The van der Waals surface area contributed by atoms with Gasteiger partial charge in [0, 0.05) is 18.2 Å². The number of hydrogen-bond donors (Lipinski definition) is 2. The second kappa shape index (κ2) is 5.98. The first-order valence-electron chi connectivity index (χ1n) is 7.77. The van der Waals surface area contributed by atoms with Crippen LogP contribution in [0.4, 0.5) is 0 Å². The van der Waals surface area contributed by atoms with Crippen LogP contribution >= 0.6 is 0 Å². The number of aliphatic carboxylic acids is 1. The highest BCUT2D eigenvalue weighted by Crippen LogP contribution is 2.41. The summed E-state index contributed by atoms with van der Waals surface area (Å²) in [6.45, 7) is 4.02. The third kappa shape index (κ3) is 3.18. The number of aromatic nitrogens is 2. The fourth-order valence-electron chi connectivity index (χ4n) is 2.53. The standard InChI is InChI=1S/C16H19N3O4/c1-8(2)14-13-10(15(22)17-6-5-12(20)21)7-11(9-3-4-9)18-16(13)23-19-14/h7-9H,3-6H2,1-2H3,(H,17,22)(H,20,21). The van der Waals surface area contributed by atoms with Gasteiger partial charge in [0.25, 0.3) is 11.6 Å². The summed E-state index contributed by atoms with van der Waals surface area (Å²) in [5.41, 5.74) is 2.37. The maximum Gasteiger partial charge on any atom is 0.305 e. The van der Waals surface area contributed by atoms with Gasteiger partial charge >= 0.3 is 5.97 Å². The first kappa shape index (κ1) is 15.5. The summed E-state index contributed by atoms with van der Waals surface area (Å²) in [4.78, 5) is 27.6. The molecule has 7 heteroatoms. The number of carbonyl (C=O) groups is 2. The molecule has 0 aromatic carbocycles. The van der Waals surface area contributed by atoms with Gasteiger partial charge in [-0.25, -0.2) is 4.98 Å². The molecule has 1 amide bonds. The SMILES string of the molecule is CC(C)c1noc2nc(C3CC3)cc(C(=O)NCCC(=O)O)c12. The van der Waals surface area contributed by atoms with E-state index in [1.165, 1.54) is 0 Å². The van der Waals surface area contributed by atoms with E-state index in [9.17, 15) is 9.59 Å². The molecule has 0 unspecified atom stereocenters. The molecule has 2 heterocycles. The van der Waals surface area contributed by atoms with Crippen molar-refractivity contribution in [3.05, 3.63) is 23.0 Å². The van der Waals surface area contributed by atoms with Crippen LogP contribution in [0.2, 0.25) is 0 Å². The third-order valence-corrected chi connectivity index (χ3v) is 3.90. The second-order valence-corrected chi connectivity index (χ2v) is 6.17. The van der Waals surface area contributed by atoms with Crippen molar-refractivity contribution in [3.8, 4) is 0 Å². The molecule has 2 aromatic heterocycles. The lowest BCUT2D eigenvalue weighted by Crippen LogP contribution is -2.26. The van der Waals surface area contributed by atoms with Crippen LogP contribution in [0.3, 0.4) is 0 Å². The Bertz CT molecular complexity index is 762. The molecule has 2 aromatic rings. The molecule has 2 N–H and O–H groups in total. The quantitative estimate of drug-likeness (QED) is 0.847. The minimum Gasteiger partial charge on any atom is -0.481 e. The molecule has 0 spiro atoms. The lowest BCUT2D eigenvalue weighted by molar-refractivity contribution is -0.136. The van der Waals surface area contributed by atoms with Gasteiger partial charge in [0.15, 0.2) is 0 Å². The molecule has 1 saturated carbocycles. The molecule has 0 radical (unpaired) electrons. The molecule has 0 atom stereocenters. The van der Waals surface area contributed by atoms with Crippen LogP contribution in [0.5, 0.6) is 0 Å². The zero-order valence-corrected chi connectivity index (χ0v) is 13.1. The molecular weight excluding hydrogens is 298 g/mol. The number of amides is 1. The molecule has 1 aliphatic carbocycles. The number of nitrogens with one attached hydrogen (secondary N) is 1. The van der Waals surface area contributed by atoms with E-state index in [-0.39, 0.29) is 24.8 Å². The lowest BCUT2D eigenvalue weighted by atomic mass is 10.0. The molecular formula is C16H19N3O4. The van der Waals surface area contributed by atoms with Gasteiger partial charge in [0.2, 0.25) is 0 Å². The first-order chi connectivity index (χ1) is 11.0. The summed E-state index contributed by atoms with van der Waals surface area (Å²) in [6.07, 6.45) is 2.00. The second-order valence-electron chi connectivity index (χ2n) is 6.17. The Morgan fingerprint density at radius 1 is 1.43 bits per heavy atom. The predicted octanol–water partition coefficient (Wildman–Crippen LogP) is 2.43. The Morgan fingerprint density at radius 3 is 2.78 bits per heavy atom. The topological polar surface area (TPSA) is 105 Å². The number of carbonyl (C=O) groups excluding carboxylic acids is 1. The zero-order chi connectivity index (χ0) is 16.6. The van der Waals surface area contributed by atoms with E-state index in [1.54, 1.807) is 6.07 Å². The van der Waals surface area contributed by atoms with Crippen molar-refractivity contribution in [1.29, 1.82) is 0 Å². The van der Waals surface area contributed by atoms with Crippen molar-refractivity contribution in [1.82, 2.24) is 15.5 Å². The van der Waals surface area contributed by atoms with E-state index in [2.05, 4.69) is 15.5 Å². The number of rotatable bonds is 6. The number of fused-ring (bicyclic) bond motifs is 1. The molecule has 0 saturated heterocycles. The highest BCUT2D eigenvalue weighted by atomic mass is 16.5. The number of hydrogen-bond acceptors (Lipinski definition) is 5. The van der Waals surface area contributed by atoms with Crippen molar-refractivity contribution in [2.45, 2.75) is 44.9 Å². The molecule has 0 aliphatic heterocycles. The fourth-order valence-corrected chi connectivity index (χ4v) is 2.53. The monoisotopic (exact) mass is 317 g/mol. The van der Waals surface area contributed by atoms with E-state index in [0.717, 1.165) is 18.5 Å². The number of pyridine rings is 1. The van der Waals surface area contributed by atoms with Gasteiger partial charge in [0.1, 0.15) is 0 Å². The zero-order valence-electron chi connectivity index (χ0n) is 13.1. The van der Waals surface area contributed by atoms with Gasteiger partial charge in [-0.1, -0.05) is 19.0 Å². The fraction of sp³-hybridized carbons (Fsp3) is 0.500. The lowest BCUT2D eigenvalue weighted by Gasteiger charge is -2.08. The minimum atomic E-state index is -0.948. The van der Waals surface area contributed by atoms with Gasteiger partial charge in [0.05, 0.1) is 23.1 Å².